The molecular weight excluding hydrogens is 202 g/mol. The molecule has 1 heterocycles. The van der Waals surface area contributed by atoms with E-state index in [-0.39, 0.29) is 6.03 Å². The summed E-state index contributed by atoms with van der Waals surface area (Å²) in [7, 11) is 0. The molecule has 1 aliphatic rings. The Morgan fingerprint density at radius 2 is 1.94 bits per heavy atom. The van der Waals surface area contributed by atoms with Crippen molar-refractivity contribution in [1.82, 2.24) is 9.91 Å². The summed E-state index contributed by atoms with van der Waals surface area (Å²) in [4.78, 5) is 13.5. The van der Waals surface area contributed by atoms with Crippen LogP contribution in [0.15, 0.2) is 24.3 Å². The molecule has 0 saturated carbocycles. The molecule has 1 saturated heterocycles. The third-order valence-corrected chi connectivity index (χ3v) is 2.84. The Morgan fingerprint density at radius 3 is 2.62 bits per heavy atom. The summed E-state index contributed by atoms with van der Waals surface area (Å²) in [5, 5.41) is 1.29. The standard InChI is InChI=1S/C12H17N3O/c1-10-3-5-11(6-4-10)9-14-7-2-8-15(13)12(14)16/h3-6H,2,7-9,13H2,1H3. The number of nitrogens with zero attached hydrogens (tertiary/aromatic N) is 2. The molecule has 0 atom stereocenters. The van der Waals surface area contributed by atoms with Crippen LogP contribution in [0.3, 0.4) is 0 Å². The maximum Gasteiger partial charge on any atom is 0.334 e. The fourth-order valence-electron chi connectivity index (χ4n) is 1.87. The lowest BCUT2D eigenvalue weighted by Gasteiger charge is -2.32. The number of urea groups is 1. The molecule has 0 aromatic heterocycles. The van der Waals surface area contributed by atoms with Gasteiger partial charge >= 0.3 is 6.03 Å². The van der Waals surface area contributed by atoms with Gasteiger partial charge in [0.05, 0.1) is 0 Å². The number of hydrogen-bond donors (Lipinski definition) is 1. The van der Waals surface area contributed by atoms with Crippen molar-refractivity contribution in [3.63, 3.8) is 0 Å². The SMILES string of the molecule is Cc1ccc(CN2CCCN(N)C2=O)cc1. The van der Waals surface area contributed by atoms with E-state index in [4.69, 9.17) is 5.84 Å². The second-order valence-corrected chi connectivity index (χ2v) is 4.24. The Bertz CT molecular complexity index is 374. The number of hydrogen-bond acceptors (Lipinski definition) is 2. The molecule has 4 nitrogen and oxygen atoms in total. The summed E-state index contributed by atoms with van der Waals surface area (Å²) >= 11 is 0. The molecule has 4 heteroatoms. The van der Waals surface area contributed by atoms with E-state index in [1.807, 2.05) is 0 Å². The topological polar surface area (TPSA) is 49.6 Å². The Kier molecular flexibility index (Phi) is 3.10. The first-order valence-electron chi connectivity index (χ1n) is 5.53. The lowest BCUT2D eigenvalue weighted by atomic mass is 10.1. The zero-order valence-corrected chi connectivity index (χ0v) is 9.52. The molecule has 86 valence electrons. The van der Waals surface area contributed by atoms with Crippen LogP contribution in [0.4, 0.5) is 4.79 Å². The molecular formula is C12H17N3O. The first kappa shape index (κ1) is 11.0. The van der Waals surface area contributed by atoms with Gasteiger partial charge in [-0.05, 0) is 18.9 Å². The molecule has 2 amide bonds. The molecule has 16 heavy (non-hydrogen) atoms. The Labute approximate surface area is 95.6 Å². The van der Waals surface area contributed by atoms with Gasteiger partial charge in [0.25, 0.3) is 0 Å². The molecule has 1 fully saturated rings. The van der Waals surface area contributed by atoms with Gasteiger partial charge < -0.3 is 4.90 Å². The van der Waals surface area contributed by atoms with Crippen molar-refractivity contribution in [2.45, 2.75) is 19.9 Å². The third-order valence-electron chi connectivity index (χ3n) is 2.84. The third kappa shape index (κ3) is 2.33. The van der Waals surface area contributed by atoms with E-state index in [0.29, 0.717) is 13.1 Å². The minimum Gasteiger partial charge on any atom is -0.319 e. The van der Waals surface area contributed by atoms with E-state index in [9.17, 15) is 4.79 Å². The predicted octanol–water partition coefficient (Wildman–Crippen LogP) is 1.50. The number of benzene rings is 1. The Balaban J connectivity index is 2.03. The fraction of sp³-hybridized carbons (Fsp3) is 0.417. The maximum absolute atomic E-state index is 11.7. The molecule has 2 rings (SSSR count). The van der Waals surface area contributed by atoms with Crippen LogP contribution in [0, 0.1) is 6.92 Å². The normalized spacial score (nSPS) is 16.8. The predicted molar refractivity (Wildman–Crippen MR) is 62.5 cm³/mol. The highest BCUT2D eigenvalue weighted by atomic mass is 16.2. The second kappa shape index (κ2) is 4.53. The molecule has 1 aromatic rings. The van der Waals surface area contributed by atoms with Gasteiger partial charge in [0, 0.05) is 19.6 Å². The molecule has 1 aliphatic heterocycles. The van der Waals surface area contributed by atoms with Crippen LogP contribution in [0.1, 0.15) is 17.5 Å². The zero-order chi connectivity index (χ0) is 11.5. The lowest BCUT2D eigenvalue weighted by Crippen LogP contribution is -2.52. The Hall–Kier alpha value is -1.55. The summed E-state index contributed by atoms with van der Waals surface area (Å²) < 4.78 is 0. The van der Waals surface area contributed by atoms with E-state index in [1.165, 1.54) is 10.6 Å². The first-order chi connectivity index (χ1) is 7.66. The summed E-state index contributed by atoms with van der Waals surface area (Å²) in [5.41, 5.74) is 2.38. The Morgan fingerprint density at radius 1 is 1.25 bits per heavy atom. The highest BCUT2D eigenvalue weighted by Gasteiger charge is 2.22. The number of aryl methyl sites for hydroxylation is 1. The number of rotatable bonds is 2. The van der Waals surface area contributed by atoms with Crippen LogP contribution in [0.25, 0.3) is 0 Å². The quantitative estimate of drug-likeness (QED) is 0.605. The van der Waals surface area contributed by atoms with Gasteiger partial charge in [-0.2, -0.15) is 0 Å². The lowest BCUT2D eigenvalue weighted by molar-refractivity contribution is 0.127. The van der Waals surface area contributed by atoms with Crippen molar-refractivity contribution >= 4 is 6.03 Å². The van der Waals surface area contributed by atoms with Crippen LogP contribution < -0.4 is 5.84 Å². The summed E-state index contributed by atoms with van der Waals surface area (Å²) in [6, 6.07) is 8.15. The number of nitrogens with two attached hydrogens (primary N) is 1. The van der Waals surface area contributed by atoms with Gasteiger partial charge in [-0.25, -0.2) is 10.6 Å². The molecule has 0 radical (unpaired) electrons. The van der Waals surface area contributed by atoms with Gasteiger partial charge in [0.2, 0.25) is 0 Å². The van der Waals surface area contributed by atoms with Crippen LogP contribution in [0.5, 0.6) is 0 Å². The second-order valence-electron chi connectivity index (χ2n) is 4.24. The van der Waals surface area contributed by atoms with Crippen molar-refractivity contribution in [1.29, 1.82) is 0 Å². The smallest absolute Gasteiger partial charge is 0.319 e. The number of carbonyl (C=O) groups excluding carboxylic acids is 1. The fourth-order valence-corrected chi connectivity index (χ4v) is 1.87. The van der Waals surface area contributed by atoms with Gasteiger partial charge in [0.1, 0.15) is 0 Å². The van der Waals surface area contributed by atoms with E-state index >= 15 is 0 Å². The molecule has 2 N–H and O–H groups in total. The monoisotopic (exact) mass is 219 g/mol. The van der Waals surface area contributed by atoms with Crippen LogP contribution in [0.2, 0.25) is 0 Å². The first-order valence-corrected chi connectivity index (χ1v) is 5.53. The van der Waals surface area contributed by atoms with Crippen LogP contribution in [-0.4, -0.2) is 29.0 Å². The zero-order valence-electron chi connectivity index (χ0n) is 9.52. The maximum atomic E-state index is 11.7. The van der Waals surface area contributed by atoms with E-state index in [2.05, 4.69) is 31.2 Å². The van der Waals surface area contributed by atoms with Gasteiger partial charge in [-0.1, -0.05) is 29.8 Å². The number of amides is 2. The molecule has 0 bridgehead atoms. The molecule has 0 spiro atoms. The molecule has 0 unspecified atom stereocenters. The van der Waals surface area contributed by atoms with Gasteiger partial charge in [0.15, 0.2) is 0 Å². The summed E-state index contributed by atoms with van der Waals surface area (Å²) in [5.74, 6) is 5.59. The van der Waals surface area contributed by atoms with Gasteiger partial charge in [-0.15, -0.1) is 0 Å². The van der Waals surface area contributed by atoms with Crippen molar-refractivity contribution in [2.24, 2.45) is 5.84 Å². The summed E-state index contributed by atoms with van der Waals surface area (Å²) in [6.07, 6.45) is 0.939. The van der Waals surface area contributed by atoms with Crippen molar-refractivity contribution in [3.05, 3.63) is 35.4 Å². The molecule has 1 aromatic carbocycles. The molecule has 0 aliphatic carbocycles. The van der Waals surface area contributed by atoms with Crippen molar-refractivity contribution < 1.29 is 4.79 Å². The van der Waals surface area contributed by atoms with E-state index < -0.39 is 0 Å². The average molecular weight is 219 g/mol. The number of hydrazine groups is 1. The van der Waals surface area contributed by atoms with Crippen molar-refractivity contribution in [3.8, 4) is 0 Å². The van der Waals surface area contributed by atoms with E-state index in [0.717, 1.165) is 18.5 Å². The highest BCUT2D eigenvalue weighted by Crippen LogP contribution is 2.11. The highest BCUT2D eigenvalue weighted by molar-refractivity contribution is 5.74. The van der Waals surface area contributed by atoms with Crippen LogP contribution >= 0.6 is 0 Å². The number of carbonyl (C=O) groups is 1. The average Bonchev–Trinajstić information content (AvgIpc) is 2.28. The van der Waals surface area contributed by atoms with Gasteiger partial charge in [-0.3, -0.25) is 5.01 Å². The largest absolute Gasteiger partial charge is 0.334 e. The minimum atomic E-state index is -0.0770. The van der Waals surface area contributed by atoms with Crippen LogP contribution in [-0.2, 0) is 6.54 Å². The minimum absolute atomic E-state index is 0.0770. The van der Waals surface area contributed by atoms with Crippen molar-refractivity contribution in [2.75, 3.05) is 13.1 Å². The van der Waals surface area contributed by atoms with E-state index in [1.54, 1.807) is 4.90 Å². The summed E-state index contributed by atoms with van der Waals surface area (Å²) in [6.45, 7) is 4.15.